The molecule has 0 atom stereocenters. The van der Waals surface area contributed by atoms with Crippen molar-refractivity contribution in [3.05, 3.63) is 69.6 Å². The number of halogens is 1. The van der Waals surface area contributed by atoms with Gasteiger partial charge >= 0.3 is 5.97 Å². The average molecular weight is 488 g/mol. The monoisotopic (exact) mass is 487 g/mol. The van der Waals surface area contributed by atoms with E-state index in [0.717, 1.165) is 10.7 Å². The maximum absolute atomic E-state index is 12.7. The molecule has 0 bridgehead atoms. The molecule has 0 fully saturated rings. The van der Waals surface area contributed by atoms with Gasteiger partial charge in [-0.2, -0.15) is 9.78 Å². The van der Waals surface area contributed by atoms with E-state index < -0.39 is 24.0 Å². The summed E-state index contributed by atoms with van der Waals surface area (Å²) in [4.78, 5) is 37.7. The largest absolute Gasteiger partial charge is 0.497 e. The van der Waals surface area contributed by atoms with Gasteiger partial charge in [-0.15, -0.1) is 0 Å². The number of para-hydroxylation sites is 1. The van der Waals surface area contributed by atoms with Crippen molar-refractivity contribution >= 4 is 29.2 Å². The number of carbonyl (C=O) groups is 2. The number of benzene rings is 2. The Labute approximate surface area is 200 Å². The summed E-state index contributed by atoms with van der Waals surface area (Å²) < 4.78 is 21.8. The minimum atomic E-state index is -0.826. The molecular weight excluding hydrogens is 466 g/mol. The van der Waals surface area contributed by atoms with Crippen molar-refractivity contribution in [3.8, 4) is 22.9 Å². The van der Waals surface area contributed by atoms with Gasteiger partial charge in [0.25, 0.3) is 11.5 Å². The van der Waals surface area contributed by atoms with E-state index in [2.05, 4.69) is 10.4 Å². The van der Waals surface area contributed by atoms with Crippen LogP contribution in [0.2, 0.25) is 5.02 Å². The Morgan fingerprint density at radius 3 is 2.50 bits per heavy atom. The normalized spacial score (nSPS) is 10.4. The maximum Gasteiger partial charge on any atom is 0.362 e. The standard InChI is InChI=1S/C23H22ClN3O7/c1-4-33-23(30)22-19(12-21(29)27(26-22)17-8-6-5-7-15(17)24)34-13-20(28)25-16-11-14(31-2)9-10-18(16)32-3/h5-12H,4,13H2,1-3H3,(H,25,28). The molecule has 1 amide bonds. The number of rotatable bonds is 9. The lowest BCUT2D eigenvalue weighted by atomic mass is 10.2. The van der Waals surface area contributed by atoms with Crippen LogP contribution < -0.4 is 25.1 Å². The van der Waals surface area contributed by atoms with E-state index in [1.807, 2.05) is 0 Å². The van der Waals surface area contributed by atoms with E-state index in [9.17, 15) is 14.4 Å². The first-order chi connectivity index (χ1) is 16.4. The Kier molecular flexibility index (Phi) is 8.10. The highest BCUT2D eigenvalue weighted by Gasteiger charge is 2.21. The molecule has 2 aromatic carbocycles. The molecule has 1 heterocycles. The number of nitrogens with zero attached hydrogens (tertiary/aromatic N) is 2. The van der Waals surface area contributed by atoms with Crippen LogP contribution in [0.25, 0.3) is 5.69 Å². The Hall–Kier alpha value is -4.05. The van der Waals surface area contributed by atoms with E-state index in [0.29, 0.717) is 17.2 Å². The third kappa shape index (κ3) is 5.65. The van der Waals surface area contributed by atoms with Crippen LogP contribution in [0.4, 0.5) is 5.69 Å². The summed E-state index contributed by atoms with van der Waals surface area (Å²) in [5.41, 5.74) is -0.276. The number of amides is 1. The van der Waals surface area contributed by atoms with Crippen molar-refractivity contribution in [1.29, 1.82) is 0 Å². The maximum atomic E-state index is 12.7. The van der Waals surface area contributed by atoms with Crippen molar-refractivity contribution in [1.82, 2.24) is 9.78 Å². The lowest BCUT2D eigenvalue weighted by molar-refractivity contribution is -0.118. The van der Waals surface area contributed by atoms with Gasteiger partial charge in [-0.1, -0.05) is 23.7 Å². The predicted molar refractivity (Wildman–Crippen MR) is 124 cm³/mol. The molecule has 0 spiro atoms. The second-order valence-corrected chi connectivity index (χ2v) is 7.09. The number of esters is 1. The van der Waals surface area contributed by atoms with Crippen molar-refractivity contribution < 1.29 is 28.5 Å². The van der Waals surface area contributed by atoms with Crippen LogP contribution in [-0.4, -0.2) is 49.1 Å². The molecule has 0 radical (unpaired) electrons. The lowest BCUT2D eigenvalue weighted by Gasteiger charge is -2.14. The number of hydrogen-bond donors (Lipinski definition) is 1. The van der Waals surface area contributed by atoms with E-state index >= 15 is 0 Å². The molecule has 10 nitrogen and oxygen atoms in total. The fourth-order valence-corrected chi connectivity index (χ4v) is 3.14. The minimum Gasteiger partial charge on any atom is -0.497 e. The van der Waals surface area contributed by atoms with Gasteiger partial charge in [0.1, 0.15) is 11.5 Å². The number of aromatic nitrogens is 2. The summed E-state index contributed by atoms with van der Waals surface area (Å²) in [6, 6.07) is 12.4. The zero-order valence-corrected chi connectivity index (χ0v) is 19.4. The highest BCUT2D eigenvalue weighted by atomic mass is 35.5. The molecule has 0 saturated heterocycles. The van der Waals surface area contributed by atoms with Gasteiger partial charge in [-0.25, -0.2) is 4.79 Å². The summed E-state index contributed by atoms with van der Waals surface area (Å²) in [6.07, 6.45) is 0. The summed E-state index contributed by atoms with van der Waals surface area (Å²) in [6.45, 7) is 1.17. The van der Waals surface area contributed by atoms with Gasteiger partial charge in [0.15, 0.2) is 12.4 Å². The summed E-state index contributed by atoms with van der Waals surface area (Å²) >= 11 is 6.17. The van der Waals surface area contributed by atoms with Crippen LogP contribution >= 0.6 is 11.6 Å². The van der Waals surface area contributed by atoms with Crippen molar-refractivity contribution in [2.45, 2.75) is 6.92 Å². The van der Waals surface area contributed by atoms with Crippen molar-refractivity contribution in [2.75, 3.05) is 32.8 Å². The van der Waals surface area contributed by atoms with Crippen LogP contribution in [0, 0.1) is 0 Å². The third-order valence-corrected chi connectivity index (χ3v) is 4.81. The van der Waals surface area contributed by atoms with E-state index in [-0.39, 0.29) is 28.8 Å². The SMILES string of the molecule is CCOC(=O)c1nn(-c2ccccc2Cl)c(=O)cc1OCC(=O)Nc1cc(OC)ccc1OC. The number of carbonyl (C=O) groups excluding carboxylic acids is 2. The minimum absolute atomic E-state index is 0.0707. The molecule has 0 aliphatic heterocycles. The molecule has 178 valence electrons. The second-order valence-electron chi connectivity index (χ2n) is 6.68. The molecule has 0 saturated carbocycles. The molecule has 0 aliphatic carbocycles. The number of anilines is 1. The van der Waals surface area contributed by atoms with Crippen molar-refractivity contribution in [2.24, 2.45) is 0 Å². The second kappa shape index (κ2) is 11.2. The zero-order valence-electron chi connectivity index (χ0n) is 18.7. The van der Waals surface area contributed by atoms with E-state index in [1.54, 1.807) is 49.4 Å². The highest BCUT2D eigenvalue weighted by Crippen LogP contribution is 2.29. The fraction of sp³-hybridized carbons (Fsp3) is 0.217. The number of methoxy groups -OCH3 is 2. The van der Waals surface area contributed by atoms with Crippen LogP contribution in [0.1, 0.15) is 17.4 Å². The highest BCUT2D eigenvalue weighted by molar-refractivity contribution is 6.32. The first kappa shape index (κ1) is 24.6. The van der Waals surface area contributed by atoms with Gasteiger partial charge in [-0.3, -0.25) is 9.59 Å². The molecule has 34 heavy (non-hydrogen) atoms. The molecule has 0 unspecified atom stereocenters. The average Bonchev–Trinajstić information content (AvgIpc) is 2.83. The first-order valence-electron chi connectivity index (χ1n) is 10.1. The molecule has 1 N–H and O–H groups in total. The Morgan fingerprint density at radius 2 is 1.82 bits per heavy atom. The molecule has 1 aromatic heterocycles. The fourth-order valence-electron chi connectivity index (χ4n) is 2.93. The summed E-state index contributed by atoms with van der Waals surface area (Å²) in [7, 11) is 2.95. The molecule has 3 aromatic rings. The summed E-state index contributed by atoms with van der Waals surface area (Å²) in [5.74, 6) is -0.691. The van der Waals surface area contributed by atoms with Crippen LogP contribution in [0.15, 0.2) is 53.3 Å². The van der Waals surface area contributed by atoms with Crippen molar-refractivity contribution in [3.63, 3.8) is 0 Å². The smallest absolute Gasteiger partial charge is 0.362 e. The molecule has 0 aliphatic rings. The first-order valence-corrected chi connectivity index (χ1v) is 10.5. The quantitative estimate of drug-likeness (QED) is 0.457. The Bertz CT molecular complexity index is 1260. The molecule has 11 heteroatoms. The van der Waals surface area contributed by atoms with Gasteiger partial charge in [0.2, 0.25) is 5.69 Å². The van der Waals surface area contributed by atoms with E-state index in [4.69, 9.17) is 30.5 Å². The van der Waals surface area contributed by atoms with Gasteiger partial charge in [0.05, 0.1) is 43.3 Å². The number of ether oxygens (including phenoxy) is 4. The van der Waals surface area contributed by atoms with Crippen LogP contribution in [0.5, 0.6) is 17.2 Å². The molecular formula is C23H22ClN3O7. The zero-order chi connectivity index (χ0) is 24.7. The van der Waals surface area contributed by atoms with E-state index in [1.165, 1.54) is 14.2 Å². The van der Waals surface area contributed by atoms with Crippen LogP contribution in [0.3, 0.4) is 0 Å². The topological polar surface area (TPSA) is 118 Å². The Balaban J connectivity index is 1.87. The van der Waals surface area contributed by atoms with Gasteiger partial charge < -0.3 is 24.3 Å². The number of hydrogen-bond acceptors (Lipinski definition) is 8. The summed E-state index contributed by atoms with van der Waals surface area (Å²) in [5, 5.41) is 6.98. The lowest BCUT2D eigenvalue weighted by Crippen LogP contribution is -2.27. The number of nitrogens with one attached hydrogen (secondary N) is 1. The predicted octanol–water partition coefficient (Wildman–Crippen LogP) is 3.10. The third-order valence-electron chi connectivity index (χ3n) is 4.49. The van der Waals surface area contributed by atoms with Crippen LogP contribution in [-0.2, 0) is 9.53 Å². The Morgan fingerprint density at radius 1 is 1.06 bits per heavy atom. The molecule has 3 rings (SSSR count). The van der Waals surface area contributed by atoms with Gasteiger partial charge in [0, 0.05) is 6.07 Å². The van der Waals surface area contributed by atoms with Gasteiger partial charge in [-0.05, 0) is 31.2 Å².